The van der Waals surface area contributed by atoms with Gasteiger partial charge in [0.15, 0.2) is 0 Å². The van der Waals surface area contributed by atoms with Crippen LogP contribution in [-0.2, 0) is 5.54 Å². The van der Waals surface area contributed by atoms with Crippen molar-refractivity contribution in [1.82, 2.24) is 0 Å². The second kappa shape index (κ2) is 3.97. The molecule has 0 aromatic heterocycles. The molecule has 1 nitrogen and oxygen atoms in total. The van der Waals surface area contributed by atoms with Crippen molar-refractivity contribution in [3.63, 3.8) is 0 Å². The maximum absolute atomic E-state index is 6.54. The van der Waals surface area contributed by atoms with Gasteiger partial charge in [-0.3, -0.25) is 0 Å². The van der Waals surface area contributed by atoms with E-state index in [-0.39, 0.29) is 5.54 Å². The molecule has 1 aromatic rings. The molecule has 1 heteroatoms. The molecule has 0 aliphatic heterocycles. The highest BCUT2D eigenvalue weighted by molar-refractivity contribution is 5.32. The molecule has 1 aliphatic rings. The Labute approximate surface area is 92.7 Å². The fourth-order valence-corrected chi connectivity index (χ4v) is 2.68. The molecule has 0 saturated heterocycles. The summed E-state index contributed by atoms with van der Waals surface area (Å²) >= 11 is 0. The van der Waals surface area contributed by atoms with Crippen LogP contribution in [0.2, 0.25) is 0 Å². The van der Waals surface area contributed by atoms with Gasteiger partial charge in [0.05, 0.1) is 0 Å². The zero-order chi connectivity index (χ0) is 10.9. The van der Waals surface area contributed by atoms with Gasteiger partial charge in [-0.05, 0) is 49.7 Å². The van der Waals surface area contributed by atoms with Crippen molar-refractivity contribution in [2.75, 3.05) is 0 Å². The largest absolute Gasteiger partial charge is 0.321 e. The fraction of sp³-hybridized carbons (Fsp3) is 0.571. The SMILES string of the molecule is Cc1ccccc1C1(N)CCC(C)CC1. The van der Waals surface area contributed by atoms with Crippen LogP contribution in [0.15, 0.2) is 24.3 Å². The van der Waals surface area contributed by atoms with E-state index < -0.39 is 0 Å². The Bertz CT molecular complexity index is 335. The molecule has 1 saturated carbocycles. The third-order valence-electron chi connectivity index (χ3n) is 3.85. The Kier molecular flexibility index (Phi) is 2.83. The van der Waals surface area contributed by atoms with Crippen LogP contribution in [0.25, 0.3) is 0 Å². The lowest BCUT2D eigenvalue weighted by molar-refractivity contribution is 0.247. The van der Waals surface area contributed by atoms with E-state index in [1.165, 1.54) is 24.0 Å². The lowest BCUT2D eigenvalue weighted by Crippen LogP contribution is -2.40. The van der Waals surface area contributed by atoms with Crippen LogP contribution in [0.4, 0.5) is 0 Å². The first-order valence-electron chi connectivity index (χ1n) is 5.97. The van der Waals surface area contributed by atoms with Gasteiger partial charge in [0.2, 0.25) is 0 Å². The average molecular weight is 203 g/mol. The van der Waals surface area contributed by atoms with Crippen LogP contribution in [0.1, 0.15) is 43.7 Å². The molecule has 0 heterocycles. The van der Waals surface area contributed by atoms with Crippen molar-refractivity contribution in [1.29, 1.82) is 0 Å². The summed E-state index contributed by atoms with van der Waals surface area (Å²) in [6.45, 7) is 4.50. The molecule has 0 unspecified atom stereocenters. The predicted molar refractivity (Wildman–Crippen MR) is 64.7 cm³/mol. The molecule has 0 bridgehead atoms. The van der Waals surface area contributed by atoms with Crippen LogP contribution in [0.3, 0.4) is 0 Å². The molecule has 1 aromatic carbocycles. The van der Waals surface area contributed by atoms with Gasteiger partial charge in [0.25, 0.3) is 0 Å². The predicted octanol–water partition coefficient (Wildman–Crippen LogP) is 3.36. The Morgan fingerprint density at radius 3 is 2.40 bits per heavy atom. The van der Waals surface area contributed by atoms with E-state index in [1.807, 2.05) is 0 Å². The molecule has 15 heavy (non-hydrogen) atoms. The highest BCUT2D eigenvalue weighted by Gasteiger charge is 2.32. The zero-order valence-electron chi connectivity index (χ0n) is 9.79. The topological polar surface area (TPSA) is 26.0 Å². The number of benzene rings is 1. The van der Waals surface area contributed by atoms with E-state index in [0.717, 1.165) is 18.8 Å². The summed E-state index contributed by atoms with van der Waals surface area (Å²) < 4.78 is 0. The Morgan fingerprint density at radius 2 is 1.80 bits per heavy atom. The minimum absolute atomic E-state index is 0.0577. The summed E-state index contributed by atoms with van der Waals surface area (Å²) in [6.07, 6.45) is 4.81. The number of hydrogen-bond donors (Lipinski definition) is 1. The van der Waals surface area contributed by atoms with Gasteiger partial charge in [-0.2, -0.15) is 0 Å². The molecule has 2 rings (SSSR count). The van der Waals surface area contributed by atoms with Crippen molar-refractivity contribution in [3.05, 3.63) is 35.4 Å². The van der Waals surface area contributed by atoms with Crippen molar-refractivity contribution in [2.24, 2.45) is 11.7 Å². The monoisotopic (exact) mass is 203 g/mol. The number of nitrogens with two attached hydrogens (primary N) is 1. The molecule has 0 atom stereocenters. The minimum Gasteiger partial charge on any atom is -0.321 e. The van der Waals surface area contributed by atoms with Gasteiger partial charge < -0.3 is 5.73 Å². The molecular formula is C14H21N. The van der Waals surface area contributed by atoms with Crippen LogP contribution < -0.4 is 5.73 Å². The van der Waals surface area contributed by atoms with E-state index >= 15 is 0 Å². The molecule has 0 radical (unpaired) electrons. The van der Waals surface area contributed by atoms with Gasteiger partial charge >= 0.3 is 0 Å². The molecule has 0 amide bonds. The molecule has 1 aliphatic carbocycles. The van der Waals surface area contributed by atoms with Crippen molar-refractivity contribution >= 4 is 0 Å². The molecule has 2 N–H and O–H groups in total. The first kappa shape index (κ1) is 10.7. The summed E-state index contributed by atoms with van der Waals surface area (Å²) in [5, 5.41) is 0. The van der Waals surface area contributed by atoms with Crippen LogP contribution in [-0.4, -0.2) is 0 Å². The summed E-state index contributed by atoms with van der Waals surface area (Å²) in [5.74, 6) is 0.852. The number of aryl methyl sites for hydroxylation is 1. The lowest BCUT2D eigenvalue weighted by atomic mass is 9.73. The molecule has 1 fully saturated rings. The van der Waals surface area contributed by atoms with E-state index in [1.54, 1.807) is 0 Å². The smallest absolute Gasteiger partial charge is 0.0412 e. The summed E-state index contributed by atoms with van der Waals surface area (Å²) in [4.78, 5) is 0. The zero-order valence-corrected chi connectivity index (χ0v) is 9.79. The van der Waals surface area contributed by atoms with Crippen molar-refractivity contribution in [3.8, 4) is 0 Å². The van der Waals surface area contributed by atoms with Gasteiger partial charge in [0, 0.05) is 5.54 Å². The quantitative estimate of drug-likeness (QED) is 0.744. The first-order valence-corrected chi connectivity index (χ1v) is 5.97. The minimum atomic E-state index is -0.0577. The van der Waals surface area contributed by atoms with Gasteiger partial charge in [-0.15, -0.1) is 0 Å². The van der Waals surface area contributed by atoms with Crippen LogP contribution in [0, 0.1) is 12.8 Å². The van der Waals surface area contributed by atoms with Gasteiger partial charge in [-0.25, -0.2) is 0 Å². The Morgan fingerprint density at radius 1 is 1.20 bits per heavy atom. The summed E-state index contributed by atoms with van der Waals surface area (Å²) in [5.41, 5.74) is 9.19. The third kappa shape index (κ3) is 2.07. The Hall–Kier alpha value is -0.820. The van der Waals surface area contributed by atoms with E-state index in [2.05, 4.69) is 38.1 Å². The summed E-state index contributed by atoms with van der Waals surface area (Å²) in [7, 11) is 0. The Balaban J connectivity index is 2.26. The van der Waals surface area contributed by atoms with Crippen molar-refractivity contribution in [2.45, 2.75) is 45.1 Å². The van der Waals surface area contributed by atoms with E-state index in [9.17, 15) is 0 Å². The maximum Gasteiger partial charge on any atom is 0.0412 e. The fourth-order valence-electron chi connectivity index (χ4n) is 2.68. The van der Waals surface area contributed by atoms with Crippen molar-refractivity contribution < 1.29 is 0 Å². The molecular weight excluding hydrogens is 182 g/mol. The average Bonchev–Trinajstić information content (AvgIpc) is 2.23. The maximum atomic E-state index is 6.54. The van der Waals surface area contributed by atoms with Gasteiger partial charge in [-0.1, -0.05) is 31.2 Å². The molecule has 82 valence electrons. The number of hydrogen-bond acceptors (Lipinski definition) is 1. The second-order valence-electron chi connectivity index (χ2n) is 5.15. The standard InChI is InChI=1S/C14H21N/c1-11-7-9-14(15,10-8-11)13-6-4-3-5-12(13)2/h3-6,11H,7-10,15H2,1-2H3. The van der Waals surface area contributed by atoms with E-state index in [0.29, 0.717) is 0 Å². The third-order valence-corrected chi connectivity index (χ3v) is 3.85. The second-order valence-corrected chi connectivity index (χ2v) is 5.15. The normalized spacial score (nSPS) is 31.5. The van der Waals surface area contributed by atoms with Gasteiger partial charge in [0.1, 0.15) is 0 Å². The van der Waals surface area contributed by atoms with E-state index in [4.69, 9.17) is 5.73 Å². The molecule has 0 spiro atoms. The highest BCUT2D eigenvalue weighted by atomic mass is 14.7. The lowest BCUT2D eigenvalue weighted by Gasteiger charge is -2.37. The highest BCUT2D eigenvalue weighted by Crippen LogP contribution is 2.38. The van der Waals surface area contributed by atoms with Crippen LogP contribution in [0.5, 0.6) is 0 Å². The van der Waals surface area contributed by atoms with Crippen LogP contribution >= 0.6 is 0 Å². The number of rotatable bonds is 1. The first-order chi connectivity index (χ1) is 7.12. The summed E-state index contributed by atoms with van der Waals surface area (Å²) in [6, 6.07) is 8.57.